The van der Waals surface area contributed by atoms with E-state index in [1.165, 1.54) is 35.8 Å². The molecule has 1 aliphatic rings. The molecule has 0 saturated heterocycles. The number of hydrogen-bond acceptors (Lipinski definition) is 2. The van der Waals surface area contributed by atoms with Gasteiger partial charge in [-0.05, 0) is 80.3 Å². The predicted molar refractivity (Wildman–Crippen MR) is 92.6 cm³/mol. The van der Waals surface area contributed by atoms with Gasteiger partial charge in [-0.25, -0.2) is 0 Å². The number of nitrogens with one attached hydrogen (secondary N) is 1. The van der Waals surface area contributed by atoms with Gasteiger partial charge >= 0.3 is 0 Å². The van der Waals surface area contributed by atoms with Crippen LogP contribution in [0.2, 0.25) is 0 Å². The summed E-state index contributed by atoms with van der Waals surface area (Å²) in [7, 11) is 0. The maximum atomic E-state index is 4.65. The SMILES string of the molecule is CCCNC1CCC(C)CC1Cc1c(Br)c(C)nn1CC. The number of aryl methyl sites for hydroxylation is 2. The van der Waals surface area contributed by atoms with Gasteiger partial charge in [-0.15, -0.1) is 0 Å². The van der Waals surface area contributed by atoms with E-state index in [0.29, 0.717) is 6.04 Å². The van der Waals surface area contributed by atoms with Crippen LogP contribution in [0.25, 0.3) is 0 Å². The van der Waals surface area contributed by atoms with Gasteiger partial charge in [0.25, 0.3) is 0 Å². The largest absolute Gasteiger partial charge is 0.314 e. The van der Waals surface area contributed by atoms with Crippen LogP contribution in [0.4, 0.5) is 0 Å². The van der Waals surface area contributed by atoms with Crippen LogP contribution in [-0.4, -0.2) is 22.4 Å². The maximum absolute atomic E-state index is 4.65. The Hall–Kier alpha value is -0.350. The van der Waals surface area contributed by atoms with Gasteiger partial charge in [-0.2, -0.15) is 5.10 Å². The number of halogens is 1. The Labute approximate surface area is 138 Å². The van der Waals surface area contributed by atoms with E-state index in [1.54, 1.807) is 0 Å². The summed E-state index contributed by atoms with van der Waals surface area (Å²) >= 11 is 3.75. The lowest BCUT2D eigenvalue weighted by atomic mass is 9.76. The smallest absolute Gasteiger partial charge is 0.0738 e. The molecule has 0 aromatic carbocycles. The van der Waals surface area contributed by atoms with E-state index in [1.807, 2.05) is 0 Å². The van der Waals surface area contributed by atoms with Gasteiger partial charge < -0.3 is 5.32 Å². The van der Waals surface area contributed by atoms with Crippen molar-refractivity contribution in [3.8, 4) is 0 Å². The number of nitrogens with zero attached hydrogens (tertiary/aromatic N) is 2. The molecular formula is C17H30BrN3. The zero-order chi connectivity index (χ0) is 15.4. The first-order chi connectivity index (χ1) is 10.1. The van der Waals surface area contributed by atoms with Crippen LogP contribution in [0.5, 0.6) is 0 Å². The average molecular weight is 356 g/mol. The van der Waals surface area contributed by atoms with E-state index in [-0.39, 0.29) is 0 Å². The molecular weight excluding hydrogens is 326 g/mol. The molecule has 120 valence electrons. The van der Waals surface area contributed by atoms with Crippen molar-refractivity contribution in [1.29, 1.82) is 0 Å². The molecule has 1 fully saturated rings. The number of aromatic nitrogens is 2. The Morgan fingerprint density at radius 2 is 2.10 bits per heavy atom. The molecule has 0 radical (unpaired) electrons. The van der Waals surface area contributed by atoms with Crippen molar-refractivity contribution in [2.75, 3.05) is 6.54 Å². The molecule has 0 spiro atoms. The summed E-state index contributed by atoms with van der Waals surface area (Å²) in [6.07, 6.45) is 6.38. The topological polar surface area (TPSA) is 29.9 Å². The number of hydrogen-bond donors (Lipinski definition) is 1. The molecule has 1 N–H and O–H groups in total. The lowest BCUT2D eigenvalue weighted by Gasteiger charge is -2.36. The summed E-state index contributed by atoms with van der Waals surface area (Å²) in [4.78, 5) is 0. The molecule has 3 atom stereocenters. The molecule has 21 heavy (non-hydrogen) atoms. The van der Waals surface area contributed by atoms with Crippen molar-refractivity contribution in [1.82, 2.24) is 15.1 Å². The monoisotopic (exact) mass is 355 g/mol. The van der Waals surface area contributed by atoms with Crippen LogP contribution >= 0.6 is 15.9 Å². The highest BCUT2D eigenvalue weighted by Gasteiger charge is 2.30. The quantitative estimate of drug-likeness (QED) is 0.823. The van der Waals surface area contributed by atoms with Crippen molar-refractivity contribution in [2.24, 2.45) is 11.8 Å². The van der Waals surface area contributed by atoms with Gasteiger partial charge in [0.2, 0.25) is 0 Å². The first kappa shape index (κ1) is 17.0. The van der Waals surface area contributed by atoms with E-state index in [9.17, 15) is 0 Å². The fourth-order valence-corrected chi connectivity index (χ4v) is 4.08. The third-order valence-corrected chi connectivity index (χ3v) is 5.84. The van der Waals surface area contributed by atoms with Gasteiger partial charge in [0.05, 0.1) is 15.9 Å². The molecule has 0 bridgehead atoms. The normalized spacial score (nSPS) is 26.2. The van der Waals surface area contributed by atoms with Gasteiger partial charge in [-0.1, -0.05) is 13.8 Å². The van der Waals surface area contributed by atoms with E-state index in [4.69, 9.17) is 0 Å². The first-order valence-electron chi connectivity index (χ1n) is 8.51. The maximum Gasteiger partial charge on any atom is 0.0738 e. The molecule has 1 saturated carbocycles. The zero-order valence-electron chi connectivity index (χ0n) is 14.0. The number of rotatable bonds is 6. The molecule has 3 nitrogen and oxygen atoms in total. The molecule has 0 aliphatic heterocycles. The van der Waals surface area contributed by atoms with Gasteiger partial charge in [0, 0.05) is 12.6 Å². The van der Waals surface area contributed by atoms with E-state index >= 15 is 0 Å². The summed E-state index contributed by atoms with van der Waals surface area (Å²) in [6.45, 7) is 11.0. The Morgan fingerprint density at radius 3 is 2.76 bits per heavy atom. The fourth-order valence-electron chi connectivity index (χ4n) is 3.64. The summed E-state index contributed by atoms with van der Waals surface area (Å²) in [5, 5.41) is 8.43. The first-order valence-corrected chi connectivity index (χ1v) is 9.31. The zero-order valence-corrected chi connectivity index (χ0v) is 15.5. The molecule has 4 heteroatoms. The van der Waals surface area contributed by atoms with Crippen LogP contribution in [0.15, 0.2) is 4.47 Å². The van der Waals surface area contributed by atoms with E-state index < -0.39 is 0 Å². The Kier molecular flexibility index (Phi) is 6.30. The lowest BCUT2D eigenvalue weighted by Crippen LogP contribution is -2.41. The Morgan fingerprint density at radius 1 is 1.33 bits per heavy atom. The van der Waals surface area contributed by atoms with E-state index in [0.717, 1.165) is 37.0 Å². The minimum Gasteiger partial charge on any atom is -0.314 e. The Balaban J connectivity index is 2.14. The van der Waals surface area contributed by atoms with Crippen LogP contribution in [-0.2, 0) is 13.0 Å². The minimum absolute atomic E-state index is 0.675. The molecule has 1 heterocycles. The molecule has 0 amide bonds. The highest BCUT2D eigenvalue weighted by Crippen LogP contribution is 2.33. The van der Waals surface area contributed by atoms with Crippen LogP contribution in [0.3, 0.4) is 0 Å². The summed E-state index contributed by atoms with van der Waals surface area (Å²) < 4.78 is 3.40. The van der Waals surface area contributed by atoms with Crippen molar-refractivity contribution >= 4 is 15.9 Å². The molecule has 2 rings (SSSR count). The highest BCUT2D eigenvalue weighted by molar-refractivity contribution is 9.10. The van der Waals surface area contributed by atoms with Crippen molar-refractivity contribution in [2.45, 2.75) is 72.4 Å². The molecule has 1 aromatic rings. The van der Waals surface area contributed by atoms with Crippen LogP contribution in [0.1, 0.15) is 57.8 Å². The second-order valence-corrected chi connectivity index (χ2v) is 7.40. The Bertz CT molecular complexity index is 453. The van der Waals surface area contributed by atoms with Crippen LogP contribution < -0.4 is 5.32 Å². The van der Waals surface area contributed by atoms with Crippen LogP contribution in [0, 0.1) is 18.8 Å². The van der Waals surface area contributed by atoms with Gasteiger partial charge in [-0.3, -0.25) is 4.68 Å². The highest BCUT2D eigenvalue weighted by atomic mass is 79.9. The fraction of sp³-hybridized carbons (Fsp3) is 0.824. The third kappa shape index (κ3) is 4.10. The second-order valence-electron chi connectivity index (χ2n) is 6.60. The van der Waals surface area contributed by atoms with Gasteiger partial charge in [0.1, 0.15) is 0 Å². The van der Waals surface area contributed by atoms with Crippen molar-refractivity contribution < 1.29 is 0 Å². The summed E-state index contributed by atoms with van der Waals surface area (Å²) in [5.41, 5.74) is 2.51. The standard InChI is InChI=1S/C17H30BrN3/c1-5-9-19-15-8-7-12(3)10-14(15)11-16-17(18)13(4)20-21(16)6-2/h12,14-15,19H,5-11H2,1-4H3. The molecule has 1 aromatic heterocycles. The van der Waals surface area contributed by atoms with E-state index in [2.05, 4.69) is 58.7 Å². The predicted octanol–water partition coefficient (Wildman–Crippen LogP) is 4.32. The average Bonchev–Trinajstić information content (AvgIpc) is 2.74. The third-order valence-electron chi connectivity index (χ3n) is 4.81. The summed E-state index contributed by atoms with van der Waals surface area (Å²) in [5.74, 6) is 1.59. The lowest BCUT2D eigenvalue weighted by molar-refractivity contribution is 0.209. The molecule has 3 unspecified atom stereocenters. The molecule has 1 aliphatic carbocycles. The van der Waals surface area contributed by atoms with Crippen molar-refractivity contribution in [3.63, 3.8) is 0 Å². The summed E-state index contributed by atoms with van der Waals surface area (Å²) in [6, 6.07) is 0.675. The minimum atomic E-state index is 0.675. The van der Waals surface area contributed by atoms with Crippen molar-refractivity contribution in [3.05, 3.63) is 15.9 Å². The second kappa shape index (κ2) is 7.77. The van der Waals surface area contributed by atoms with Gasteiger partial charge in [0.15, 0.2) is 0 Å².